The molecule has 0 bridgehead atoms. The van der Waals surface area contributed by atoms with E-state index in [0.717, 1.165) is 6.07 Å². The van der Waals surface area contributed by atoms with Gasteiger partial charge in [0.2, 0.25) is 6.43 Å². The van der Waals surface area contributed by atoms with Gasteiger partial charge in [-0.05, 0) is 62.9 Å². The summed E-state index contributed by atoms with van der Waals surface area (Å²) in [6.07, 6.45) is 4.99. The molecule has 1 aromatic heterocycles. The van der Waals surface area contributed by atoms with E-state index in [1.807, 2.05) is 30.7 Å². The number of halogens is 5. The van der Waals surface area contributed by atoms with Crippen molar-refractivity contribution in [2.45, 2.75) is 52.0 Å². The molecule has 0 amide bonds. The van der Waals surface area contributed by atoms with Crippen LogP contribution in [0.4, 0.5) is 27.8 Å². The van der Waals surface area contributed by atoms with E-state index in [4.69, 9.17) is 16.1 Å². The van der Waals surface area contributed by atoms with E-state index in [0.29, 0.717) is 63.2 Å². The van der Waals surface area contributed by atoms with Crippen molar-refractivity contribution in [3.05, 3.63) is 52.8 Å². The summed E-state index contributed by atoms with van der Waals surface area (Å²) in [5.41, 5.74) is -0.833. The number of fused-ring (bicyclic) bond motifs is 3. The van der Waals surface area contributed by atoms with Gasteiger partial charge in [-0.1, -0.05) is 25.8 Å². The van der Waals surface area contributed by atoms with Gasteiger partial charge in [0, 0.05) is 60.6 Å². The average Bonchev–Trinajstić information content (AvgIpc) is 3.08. The fourth-order valence-corrected chi connectivity index (χ4v) is 7.58. The van der Waals surface area contributed by atoms with Crippen molar-refractivity contribution < 1.29 is 31.8 Å². The van der Waals surface area contributed by atoms with Crippen LogP contribution < -0.4 is 15.0 Å². The number of aromatic nitrogens is 2. The van der Waals surface area contributed by atoms with E-state index in [-0.39, 0.29) is 63.8 Å². The number of aryl methyl sites for hydroxylation is 1. The zero-order valence-corrected chi connectivity index (χ0v) is 27.8. The summed E-state index contributed by atoms with van der Waals surface area (Å²) in [5, 5.41) is 14.6. The average molecular weight is 682 g/mol. The Balaban J connectivity index is 0.00000205. The molecule has 7 nitrogen and oxygen atoms in total. The number of hydrogen-bond donors (Lipinski definition) is 2. The summed E-state index contributed by atoms with van der Waals surface area (Å²) >= 11 is 0. The third kappa shape index (κ3) is 6.34. The molecule has 0 saturated carbocycles. The number of ether oxygens (including phenoxy) is 1. The van der Waals surface area contributed by atoms with Gasteiger partial charge >= 0.3 is 6.01 Å². The molecule has 2 saturated heterocycles. The van der Waals surface area contributed by atoms with Crippen LogP contribution in [0, 0.1) is 41.6 Å². The number of phenols is 1. The molecule has 0 spiro atoms. The van der Waals surface area contributed by atoms with Gasteiger partial charge in [0.05, 0.1) is 23.1 Å². The molecule has 4 aromatic rings. The maximum Gasteiger partial charge on any atom is 0.319 e. The van der Waals surface area contributed by atoms with Gasteiger partial charge in [0.15, 0.2) is 5.82 Å². The number of rotatable bonds is 5. The van der Waals surface area contributed by atoms with Crippen molar-refractivity contribution in [3.8, 4) is 35.2 Å². The van der Waals surface area contributed by atoms with E-state index < -0.39 is 41.3 Å². The first-order valence-electron chi connectivity index (χ1n) is 16.9. The molecule has 3 aliphatic heterocycles. The van der Waals surface area contributed by atoms with E-state index in [1.165, 1.54) is 18.2 Å². The van der Waals surface area contributed by atoms with Crippen LogP contribution >= 0.6 is 0 Å². The molecule has 2 fully saturated rings. The molecular formula is C37H40F5N5O2. The van der Waals surface area contributed by atoms with Crippen molar-refractivity contribution >= 4 is 27.5 Å². The van der Waals surface area contributed by atoms with Crippen LogP contribution in [0.3, 0.4) is 0 Å². The fourth-order valence-electron chi connectivity index (χ4n) is 7.58. The number of piperidine rings is 1. The number of piperazine rings is 1. The van der Waals surface area contributed by atoms with Crippen molar-refractivity contribution in [3.63, 3.8) is 0 Å². The number of terminal acetylenes is 1. The first-order chi connectivity index (χ1) is 23.7. The number of aromatic hydroxyl groups is 1. The standard InChI is InChI=1S/C35H34F5N5O2.C2H6/c1-3-22-26(36)8-7-18-13-21(46)14-25(27(18)22)28-30(37)24-6-4-5-20-15-41-10-12-45(20)34-29(24)32(31(28)38)42-35(43-34)47-17-19-16-44(2)11-9-23(19)33(39)40;1-2/h1,7-8,13-14,19-20,23,33,41,46H,4-6,9-12,15-17H2,2H3;1-2H3. The number of phenolic OH excluding ortho intramolecular Hbond substituents is 1. The zero-order chi connectivity index (χ0) is 35.0. The van der Waals surface area contributed by atoms with Gasteiger partial charge in [-0.15, -0.1) is 6.42 Å². The van der Waals surface area contributed by atoms with Crippen molar-refractivity contribution in [2.75, 3.05) is 51.3 Å². The summed E-state index contributed by atoms with van der Waals surface area (Å²) in [6.45, 7) is 6.62. The van der Waals surface area contributed by atoms with Gasteiger partial charge in [0.25, 0.3) is 0 Å². The van der Waals surface area contributed by atoms with Crippen LogP contribution in [0.1, 0.15) is 44.2 Å². The minimum atomic E-state index is -2.52. The van der Waals surface area contributed by atoms with Crippen LogP contribution in [0.2, 0.25) is 0 Å². The normalized spacial score (nSPS) is 21.1. The Hall–Kier alpha value is -4.21. The molecule has 2 N–H and O–H groups in total. The number of alkyl halides is 2. The lowest BCUT2D eigenvalue weighted by atomic mass is 9.86. The number of anilines is 1. The Morgan fingerprint density at radius 2 is 1.88 bits per heavy atom. The van der Waals surface area contributed by atoms with Crippen LogP contribution in [-0.4, -0.2) is 78.8 Å². The summed E-state index contributed by atoms with van der Waals surface area (Å²) in [7, 11) is 1.86. The second-order valence-electron chi connectivity index (χ2n) is 12.8. The predicted octanol–water partition coefficient (Wildman–Crippen LogP) is 6.91. The number of hydrogen-bond acceptors (Lipinski definition) is 7. The molecule has 3 unspecified atom stereocenters. The molecule has 12 heteroatoms. The highest BCUT2D eigenvalue weighted by molar-refractivity contribution is 6.05. The molecule has 4 heterocycles. The van der Waals surface area contributed by atoms with E-state index >= 15 is 8.78 Å². The van der Waals surface area contributed by atoms with Crippen LogP contribution in [0.15, 0.2) is 24.3 Å². The van der Waals surface area contributed by atoms with Crippen LogP contribution in [0.25, 0.3) is 32.8 Å². The number of benzene rings is 3. The molecule has 3 atom stereocenters. The number of nitrogens with one attached hydrogen (secondary N) is 1. The highest BCUT2D eigenvalue weighted by Crippen LogP contribution is 2.45. The monoisotopic (exact) mass is 681 g/mol. The molecule has 3 aliphatic rings. The van der Waals surface area contributed by atoms with Crippen molar-refractivity contribution in [2.24, 2.45) is 11.8 Å². The number of nitrogens with zero attached hydrogens (tertiary/aromatic N) is 4. The lowest BCUT2D eigenvalue weighted by Crippen LogP contribution is -2.52. The SMILES string of the molecule is C#Cc1c(F)ccc2cc(O)cc(-c3c(F)c4c5c(nc(OCC6CN(C)CCC6C(F)F)nc5c3F)N3CCNCC3CCC4)c12.CC. The molecule has 7 rings (SSSR count). The summed E-state index contributed by atoms with van der Waals surface area (Å²) in [4.78, 5) is 13.1. The zero-order valence-electron chi connectivity index (χ0n) is 27.8. The maximum absolute atomic E-state index is 17.0. The Labute approximate surface area is 282 Å². The molecule has 260 valence electrons. The highest BCUT2D eigenvalue weighted by Gasteiger charge is 2.36. The Morgan fingerprint density at radius 1 is 1.08 bits per heavy atom. The van der Waals surface area contributed by atoms with E-state index in [2.05, 4.69) is 16.2 Å². The van der Waals surface area contributed by atoms with Gasteiger partial charge in [-0.3, -0.25) is 0 Å². The third-order valence-electron chi connectivity index (χ3n) is 9.88. The van der Waals surface area contributed by atoms with Crippen LogP contribution in [-0.2, 0) is 6.42 Å². The topological polar surface area (TPSA) is 73.8 Å². The smallest absolute Gasteiger partial charge is 0.319 e. The molecule has 0 radical (unpaired) electrons. The van der Waals surface area contributed by atoms with Crippen molar-refractivity contribution in [1.29, 1.82) is 0 Å². The largest absolute Gasteiger partial charge is 0.508 e. The lowest BCUT2D eigenvalue weighted by molar-refractivity contribution is -0.0142. The quantitative estimate of drug-likeness (QED) is 0.175. The minimum Gasteiger partial charge on any atom is -0.508 e. The predicted molar refractivity (Wildman–Crippen MR) is 181 cm³/mol. The first-order valence-corrected chi connectivity index (χ1v) is 16.9. The van der Waals surface area contributed by atoms with Gasteiger partial charge in [-0.25, -0.2) is 22.0 Å². The number of likely N-dealkylation sites (tertiary alicyclic amines) is 1. The first kappa shape index (κ1) is 34.6. The molecule has 3 aromatic carbocycles. The van der Waals surface area contributed by atoms with Crippen LogP contribution in [0.5, 0.6) is 11.8 Å². The lowest BCUT2D eigenvalue weighted by Gasteiger charge is -2.39. The highest BCUT2D eigenvalue weighted by atomic mass is 19.3. The molecule has 49 heavy (non-hydrogen) atoms. The third-order valence-corrected chi connectivity index (χ3v) is 9.88. The summed E-state index contributed by atoms with van der Waals surface area (Å²) in [6, 6.07) is 4.84. The summed E-state index contributed by atoms with van der Waals surface area (Å²) < 4.78 is 82.7. The van der Waals surface area contributed by atoms with Gasteiger partial charge in [0.1, 0.15) is 28.7 Å². The summed E-state index contributed by atoms with van der Waals surface area (Å²) in [5.74, 6) is -1.72. The molecule has 0 aliphatic carbocycles. The Kier molecular flexibility index (Phi) is 10.1. The van der Waals surface area contributed by atoms with E-state index in [1.54, 1.807) is 0 Å². The maximum atomic E-state index is 17.0. The van der Waals surface area contributed by atoms with E-state index in [9.17, 15) is 18.3 Å². The second-order valence-corrected chi connectivity index (χ2v) is 12.8. The van der Waals surface area contributed by atoms with Gasteiger partial charge < -0.3 is 25.0 Å². The van der Waals surface area contributed by atoms with Crippen molar-refractivity contribution in [1.82, 2.24) is 20.2 Å². The second kappa shape index (κ2) is 14.3. The molecular weight excluding hydrogens is 641 g/mol. The minimum absolute atomic E-state index is 0.0000306. The Morgan fingerprint density at radius 3 is 2.63 bits per heavy atom. The van der Waals surface area contributed by atoms with Gasteiger partial charge in [-0.2, -0.15) is 9.97 Å². The Bertz CT molecular complexity index is 1920. The fraction of sp³-hybridized carbons (Fsp3) is 0.459.